The minimum atomic E-state index is -0.527. The normalized spacial score (nSPS) is 15.1. The van der Waals surface area contributed by atoms with Crippen molar-refractivity contribution in [1.82, 2.24) is 4.90 Å². The van der Waals surface area contributed by atoms with Crippen LogP contribution in [0.5, 0.6) is 0 Å². The second-order valence-corrected chi connectivity index (χ2v) is 7.79. The number of hydrogen-bond donors (Lipinski definition) is 2. The number of anilines is 2. The number of nitrogens with zero attached hydrogens (tertiary/aromatic N) is 1. The quantitative estimate of drug-likeness (QED) is 0.804. The number of amides is 3. The van der Waals surface area contributed by atoms with E-state index < -0.39 is 5.60 Å². The molecule has 1 aliphatic heterocycles. The summed E-state index contributed by atoms with van der Waals surface area (Å²) in [6.45, 7) is 6.48. The van der Waals surface area contributed by atoms with Crippen LogP contribution in [0.2, 0.25) is 0 Å². The highest BCUT2D eigenvalue weighted by molar-refractivity contribution is 5.94. The molecule has 0 radical (unpaired) electrons. The number of piperidine rings is 1. The van der Waals surface area contributed by atoms with Crippen molar-refractivity contribution in [2.75, 3.05) is 37.4 Å². The first-order valence-electron chi connectivity index (χ1n) is 9.35. The molecular weight excluding hydrogens is 362 g/mol. The molecule has 0 aliphatic carbocycles. The number of hydrogen-bond acceptors (Lipinski definition) is 5. The van der Waals surface area contributed by atoms with Crippen molar-refractivity contribution < 1.29 is 23.9 Å². The molecule has 1 aliphatic rings. The highest BCUT2D eigenvalue weighted by atomic mass is 16.6. The van der Waals surface area contributed by atoms with Gasteiger partial charge in [-0.1, -0.05) is 0 Å². The van der Waals surface area contributed by atoms with Crippen molar-refractivity contribution in [2.45, 2.75) is 39.2 Å². The fourth-order valence-corrected chi connectivity index (χ4v) is 2.86. The van der Waals surface area contributed by atoms with Gasteiger partial charge in [0, 0.05) is 37.5 Å². The molecule has 2 N–H and O–H groups in total. The van der Waals surface area contributed by atoms with E-state index in [4.69, 9.17) is 9.47 Å². The second kappa shape index (κ2) is 9.54. The zero-order valence-electron chi connectivity index (χ0n) is 16.9. The van der Waals surface area contributed by atoms with Gasteiger partial charge in [-0.2, -0.15) is 0 Å². The molecule has 8 nitrogen and oxygen atoms in total. The van der Waals surface area contributed by atoms with E-state index >= 15 is 0 Å². The third-order valence-corrected chi connectivity index (χ3v) is 4.23. The van der Waals surface area contributed by atoms with Crippen LogP contribution in [-0.2, 0) is 19.1 Å². The van der Waals surface area contributed by atoms with Gasteiger partial charge in [-0.15, -0.1) is 0 Å². The molecule has 1 saturated heterocycles. The Labute approximate surface area is 165 Å². The Hall–Kier alpha value is -2.61. The molecule has 0 unspecified atom stereocenters. The molecule has 0 spiro atoms. The highest BCUT2D eigenvalue weighted by Crippen LogP contribution is 2.22. The lowest BCUT2D eigenvalue weighted by Crippen LogP contribution is -2.43. The Morgan fingerprint density at radius 3 is 2.07 bits per heavy atom. The molecule has 1 aromatic carbocycles. The molecule has 0 atom stereocenters. The summed E-state index contributed by atoms with van der Waals surface area (Å²) in [7, 11) is 1.45. The zero-order chi connectivity index (χ0) is 20.7. The first kappa shape index (κ1) is 21.7. The fourth-order valence-electron chi connectivity index (χ4n) is 2.86. The van der Waals surface area contributed by atoms with Gasteiger partial charge in [0.2, 0.25) is 11.8 Å². The Morgan fingerprint density at radius 1 is 1.04 bits per heavy atom. The molecule has 0 saturated carbocycles. The van der Waals surface area contributed by atoms with Crippen LogP contribution in [-0.4, -0.2) is 55.2 Å². The van der Waals surface area contributed by atoms with Crippen molar-refractivity contribution in [3.63, 3.8) is 0 Å². The van der Waals surface area contributed by atoms with Crippen LogP contribution in [0, 0.1) is 5.92 Å². The summed E-state index contributed by atoms with van der Waals surface area (Å²) in [4.78, 5) is 37.7. The lowest BCUT2D eigenvalue weighted by atomic mass is 9.96. The van der Waals surface area contributed by atoms with Crippen LogP contribution < -0.4 is 10.6 Å². The van der Waals surface area contributed by atoms with Crippen molar-refractivity contribution >= 4 is 29.3 Å². The topological polar surface area (TPSA) is 97.0 Å². The second-order valence-electron chi connectivity index (χ2n) is 7.79. The van der Waals surface area contributed by atoms with Crippen LogP contribution >= 0.6 is 0 Å². The minimum Gasteiger partial charge on any atom is -0.444 e. The molecule has 2 rings (SSSR count). The predicted octanol–water partition coefficient (Wildman–Crippen LogP) is 2.86. The van der Waals surface area contributed by atoms with Gasteiger partial charge in [-0.05, 0) is 57.9 Å². The summed E-state index contributed by atoms with van der Waals surface area (Å²) in [5, 5.41) is 5.58. The summed E-state index contributed by atoms with van der Waals surface area (Å²) >= 11 is 0. The molecule has 1 heterocycles. The predicted molar refractivity (Wildman–Crippen MR) is 106 cm³/mol. The van der Waals surface area contributed by atoms with E-state index in [1.807, 2.05) is 20.8 Å². The van der Waals surface area contributed by atoms with E-state index in [1.165, 1.54) is 7.11 Å². The molecule has 0 bridgehead atoms. The number of benzene rings is 1. The Morgan fingerprint density at radius 2 is 1.57 bits per heavy atom. The summed E-state index contributed by atoms with van der Waals surface area (Å²) in [6.07, 6.45) is 0.851. The van der Waals surface area contributed by atoms with Crippen LogP contribution in [0.15, 0.2) is 24.3 Å². The lowest BCUT2D eigenvalue weighted by molar-refractivity contribution is -0.121. The summed E-state index contributed by atoms with van der Waals surface area (Å²) < 4.78 is 10.1. The third-order valence-electron chi connectivity index (χ3n) is 4.23. The summed E-state index contributed by atoms with van der Waals surface area (Å²) in [6, 6.07) is 6.90. The van der Waals surface area contributed by atoms with Gasteiger partial charge in [-0.25, -0.2) is 4.79 Å². The van der Waals surface area contributed by atoms with Gasteiger partial charge in [0.25, 0.3) is 0 Å². The SMILES string of the molecule is COCC(=O)Nc1ccc(NC(=O)C2CCN(C(=O)OC(C)(C)C)CC2)cc1. The van der Waals surface area contributed by atoms with Crippen LogP contribution in [0.25, 0.3) is 0 Å². The van der Waals surface area contributed by atoms with Crippen LogP contribution in [0.3, 0.4) is 0 Å². The average Bonchev–Trinajstić information content (AvgIpc) is 2.62. The highest BCUT2D eigenvalue weighted by Gasteiger charge is 2.29. The van der Waals surface area contributed by atoms with Crippen molar-refractivity contribution in [2.24, 2.45) is 5.92 Å². The number of methoxy groups -OCH3 is 1. The van der Waals surface area contributed by atoms with E-state index in [0.717, 1.165) is 0 Å². The van der Waals surface area contributed by atoms with Gasteiger partial charge >= 0.3 is 6.09 Å². The van der Waals surface area contributed by atoms with E-state index in [2.05, 4.69) is 10.6 Å². The number of ether oxygens (including phenoxy) is 2. The Kier molecular flexibility index (Phi) is 7.39. The van der Waals surface area contributed by atoms with Crippen LogP contribution in [0.1, 0.15) is 33.6 Å². The molecule has 1 fully saturated rings. The minimum absolute atomic E-state index is 0.0134. The van der Waals surface area contributed by atoms with Gasteiger partial charge in [-0.3, -0.25) is 9.59 Å². The maximum atomic E-state index is 12.5. The van der Waals surface area contributed by atoms with Crippen molar-refractivity contribution in [3.05, 3.63) is 24.3 Å². The molecule has 28 heavy (non-hydrogen) atoms. The third kappa shape index (κ3) is 6.84. The summed E-state index contributed by atoms with van der Waals surface area (Å²) in [5.74, 6) is -0.462. The Bertz CT molecular complexity index is 689. The number of likely N-dealkylation sites (tertiary alicyclic amines) is 1. The summed E-state index contributed by atoms with van der Waals surface area (Å²) in [5.41, 5.74) is 0.760. The fraction of sp³-hybridized carbons (Fsp3) is 0.550. The average molecular weight is 391 g/mol. The molecular formula is C20H29N3O5. The Balaban J connectivity index is 1.81. The van der Waals surface area contributed by atoms with Gasteiger partial charge in [0.05, 0.1) is 0 Å². The molecule has 154 valence electrons. The number of nitrogens with one attached hydrogen (secondary N) is 2. The lowest BCUT2D eigenvalue weighted by Gasteiger charge is -2.32. The van der Waals surface area contributed by atoms with E-state index in [9.17, 15) is 14.4 Å². The first-order chi connectivity index (χ1) is 13.2. The van der Waals surface area contributed by atoms with E-state index in [-0.39, 0.29) is 30.4 Å². The van der Waals surface area contributed by atoms with Crippen molar-refractivity contribution in [1.29, 1.82) is 0 Å². The van der Waals surface area contributed by atoms with Crippen LogP contribution in [0.4, 0.5) is 16.2 Å². The zero-order valence-corrected chi connectivity index (χ0v) is 16.9. The standard InChI is InChI=1S/C20H29N3O5/c1-20(2,3)28-19(26)23-11-9-14(10-12-23)18(25)22-16-7-5-15(6-8-16)21-17(24)13-27-4/h5-8,14H,9-13H2,1-4H3,(H,21,24)(H,22,25). The van der Waals surface area contributed by atoms with E-state index in [0.29, 0.717) is 37.3 Å². The molecule has 0 aromatic heterocycles. The van der Waals surface area contributed by atoms with Crippen molar-refractivity contribution in [3.8, 4) is 0 Å². The maximum absolute atomic E-state index is 12.5. The smallest absolute Gasteiger partial charge is 0.410 e. The number of rotatable bonds is 5. The van der Waals surface area contributed by atoms with Gasteiger partial charge in [0.15, 0.2) is 0 Å². The molecule has 8 heteroatoms. The van der Waals surface area contributed by atoms with E-state index in [1.54, 1.807) is 29.2 Å². The molecule has 3 amide bonds. The monoisotopic (exact) mass is 391 g/mol. The van der Waals surface area contributed by atoms with Gasteiger partial charge in [0.1, 0.15) is 12.2 Å². The first-order valence-corrected chi connectivity index (χ1v) is 9.35. The molecule has 1 aromatic rings. The number of carbonyl (C=O) groups excluding carboxylic acids is 3. The largest absolute Gasteiger partial charge is 0.444 e. The maximum Gasteiger partial charge on any atom is 0.410 e. The van der Waals surface area contributed by atoms with Gasteiger partial charge < -0.3 is 25.0 Å². The number of carbonyl (C=O) groups is 3.